The molecule has 4 nitrogen and oxygen atoms in total. The van der Waals surface area contributed by atoms with Crippen LogP contribution in [0.5, 0.6) is 0 Å². The first-order chi connectivity index (χ1) is 8.85. The Kier molecular flexibility index (Phi) is 9.66. The topological polar surface area (TPSA) is 50.4 Å². The fourth-order valence-electron chi connectivity index (χ4n) is 1.70. The summed E-state index contributed by atoms with van der Waals surface area (Å²) in [7, 11) is 0. The van der Waals surface area contributed by atoms with E-state index in [9.17, 15) is 4.79 Å². The minimum atomic E-state index is -0.429. The normalized spacial score (nSPS) is 13.1. The fourth-order valence-corrected chi connectivity index (χ4v) is 1.70. The predicted molar refractivity (Wildman–Crippen MR) is 80.5 cm³/mol. The molecule has 0 fully saturated rings. The Hall–Kier alpha value is -0.770. The maximum atomic E-state index is 11.5. The molecule has 0 aromatic heterocycles. The third-order valence-corrected chi connectivity index (χ3v) is 2.72. The molecule has 0 aromatic carbocycles. The minimum Gasteiger partial charge on any atom is -0.444 e. The summed E-state index contributed by atoms with van der Waals surface area (Å²) in [6.45, 7) is 11.8. The number of hydrogen-bond acceptors (Lipinski definition) is 3. The second kappa shape index (κ2) is 10.1. The molecule has 114 valence electrons. The van der Waals surface area contributed by atoms with Gasteiger partial charge < -0.3 is 15.4 Å². The first-order valence-corrected chi connectivity index (χ1v) is 7.55. The molecule has 1 amide bonds. The van der Waals surface area contributed by atoms with Crippen LogP contribution in [0, 0.1) is 0 Å². The van der Waals surface area contributed by atoms with E-state index in [0.29, 0.717) is 0 Å². The van der Waals surface area contributed by atoms with Gasteiger partial charge in [-0.1, -0.05) is 26.2 Å². The van der Waals surface area contributed by atoms with Crippen LogP contribution < -0.4 is 10.6 Å². The number of ether oxygens (including phenoxy) is 1. The van der Waals surface area contributed by atoms with Crippen LogP contribution in [0.1, 0.15) is 66.7 Å². The van der Waals surface area contributed by atoms with Crippen molar-refractivity contribution in [1.82, 2.24) is 10.6 Å². The lowest BCUT2D eigenvalue weighted by Gasteiger charge is -2.22. The van der Waals surface area contributed by atoms with E-state index < -0.39 is 5.60 Å². The number of carbonyl (C=O) groups excluding carboxylic acids is 1. The van der Waals surface area contributed by atoms with Crippen molar-refractivity contribution in [2.75, 3.05) is 13.1 Å². The van der Waals surface area contributed by atoms with Crippen molar-refractivity contribution in [2.24, 2.45) is 0 Å². The van der Waals surface area contributed by atoms with Crippen molar-refractivity contribution in [2.45, 2.75) is 78.4 Å². The van der Waals surface area contributed by atoms with E-state index in [1.54, 1.807) is 0 Å². The molecule has 0 saturated heterocycles. The molecule has 0 radical (unpaired) electrons. The summed E-state index contributed by atoms with van der Waals surface area (Å²) < 4.78 is 5.21. The van der Waals surface area contributed by atoms with Crippen LogP contribution in [0.2, 0.25) is 0 Å². The highest BCUT2D eigenvalue weighted by Crippen LogP contribution is 2.07. The molecule has 0 saturated carbocycles. The van der Waals surface area contributed by atoms with Gasteiger partial charge in [-0.25, -0.2) is 4.79 Å². The minimum absolute atomic E-state index is 0.137. The van der Waals surface area contributed by atoms with Crippen LogP contribution in [-0.4, -0.2) is 30.8 Å². The number of rotatable bonds is 9. The predicted octanol–water partition coefficient (Wildman–Crippen LogP) is 3.46. The monoisotopic (exact) mass is 272 g/mol. The molecule has 0 heterocycles. The fraction of sp³-hybridized carbons (Fsp3) is 0.933. The number of hydrogen-bond donors (Lipinski definition) is 2. The molecule has 19 heavy (non-hydrogen) atoms. The van der Waals surface area contributed by atoms with E-state index in [1.807, 2.05) is 27.7 Å². The van der Waals surface area contributed by atoms with Crippen LogP contribution in [0.25, 0.3) is 0 Å². The van der Waals surface area contributed by atoms with Crippen molar-refractivity contribution in [3.05, 3.63) is 0 Å². The van der Waals surface area contributed by atoms with Gasteiger partial charge in [-0.2, -0.15) is 0 Å². The maximum absolute atomic E-state index is 11.5. The third kappa shape index (κ3) is 13.5. The van der Waals surface area contributed by atoms with E-state index in [1.165, 1.54) is 25.7 Å². The van der Waals surface area contributed by atoms with E-state index in [0.717, 1.165) is 19.5 Å². The van der Waals surface area contributed by atoms with E-state index in [4.69, 9.17) is 4.74 Å². The van der Waals surface area contributed by atoms with Gasteiger partial charge >= 0.3 is 6.09 Å². The molecule has 0 aliphatic rings. The number of amides is 1. The lowest BCUT2D eigenvalue weighted by molar-refractivity contribution is 0.0506. The summed E-state index contributed by atoms with van der Waals surface area (Å²) in [6.07, 6.45) is 5.72. The van der Waals surface area contributed by atoms with Gasteiger partial charge in [-0.3, -0.25) is 0 Å². The van der Waals surface area contributed by atoms with Crippen LogP contribution in [0.3, 0.4) is 0 Å². The number of nitrogens with one attached hydrogen (secondary N) is 2. The van der Waals surface area contributed by atoms with Crippen molar-refractivity contribution in [1.29, 1.82) is 0 Å². The molecule has 0 aliphatic heterocycles. The van der Waals surface area contributed by atoms with Crippen LogP contribution in [0.4, 0.5) is 4.79 Å². The van der Waals surface area contributed by atoms with Crippen LogP contribution in [-0.2, 0) is 4.74 Å². The zero-order chi connectivity index (χ0) is 14.7. The van der Waals surface area contributed by atoms with Crippen molar-refractivity contribution < 1.29 is 9.53 Å². The summed E-state index contributed by atoms with van der Waals surface area (Å²) in [5, 5.41) is 6.25. The molecule has 1 unspecified atom stereocenters. The van der Waals surface area contributed by atoms with Crippen molar-refractivity contribution in [3.63, 3.8) is 0 Å². The van der Waals surface area contributed by atoms with Gasteiger partial charge in [0.2, 0.25) is 0 Å². The van der Waals surface area contributed by atoms with Crippen molar-refractivity contribution in [3.8, 4) is 0 Å². The Morgan fingerprint density at radius 3 is 2.42 bits per heavy atom. The van der Waals surface area contributed by atoms with Gasteiger partial charge in [0.05, 0.1) is 0 Å². The molecule has 0 aromatic rings. The van der Waals surface area contributed by atoms with Gasteiger partial charge in [0.1, 0.15) is 5.60 Å². The van der Waals surface area contributed by atoms with Gasteiger partial charge in [-0.05, 0) is 53.6 Å². The van der Waals surface area contributed by atoms with Gasteiger partial charge in [-0.15, -0.1) is 0 Å². The molecule has 0 rings (SSSR count). The van der Waals surface area contributed by atoms with E-state index in [2.05, 4.69) is 17.6 Å². The maximum Gasteiger partial charge on any atom is 0.407 e. The smallest absolute Gasteiger partial charge is 0.407 e. The second-order valence-corrected chi connectivity index (χ2v) is 6.15. The Labute approximate surface area is 118 Å². The van der Waals surface area contributed by atoms with Gasteiger partial charge in [0, 0.05) is 6.04 Å². The summed E-state index contributed by atoms with van der Waals surface area (Å²) >= 11 is 0. The van der Waals surface area contributed by atoms with E-state index >= 15 is 0 Å². The number of unbranched alkanes of at least 4 members (excludes halogenated alkanes) is 3. The molecule has 0 bridgehead atoms. The summed E-state index contributed by atoms with van der Waals surface area (Å²) in [4.78, 5) is 11.5. The first kappa shape index (κ1) is 18.2. The molecular weight excluding hydrogens is 240 g/mol. The highest BCUT2D eigenvalue weighted by atomic mass is 16.6. The van der Waals surface area contributed by atoms with Crippen molar-refractivity contribution >= 4 is 6.09 Å². The Bertz CT molecular complexity index is 237. The quantitative estimate of drug-likeness (QED) is 0.632. The average molecular weight is 272 g/mol. The highest BCUT2D eigenvalue weighted by molar-refractivity contribution is 5.67. The summed E-state index contributed by atoms with van der Waals surface area (Å²) in [5.41, 5.74) is -0.429. The second-order valence-electron chi connectivity index (χ2n) is 6.15. The molecule has 2 N–H and O–H groups in total. The SMILES string of the molecule is CCCCCCNCCC(C)NC(=O)OC(C)(C)C. The zero-order valence-electron chi connectivity index (χ0n) is 13.3. The van der Waals surface area contributed by atoms with Gasteiger partial charge in [0.25, 0.3) is 0 Å². The summed E-state index contributed by atoms with van der Waals surface area (Å²) in [5.74, 6) is 0. The van der Waals surface area contributed by atoms with Crippen LogP contribution in [0.15, 0.2) is 0 Å². The highest BCUT2D eigenvalue weighted by Gasteiger charge is 2.17. The van der Waals surface area contributed by atoms with E-state index in [-0.39, 0.29) is 12.1 Å². The zero-order valence-corrected chi connectivity index (χ0v) is 13.3. The number of carbonyl (C=O) groups is 1. The first-order valence-electron chi connectivity index (χ1n) is 7.55. The molecule has 0 aliphatic carbocycles. The molecular formula is C15H32N2O2. The summed E-state index contributed by atoms with van der Waals surface area (Å²) in [6, 6.07) is 0.137. The largest absolute Gasteiger partial charge is 0.444 e. The lowest BCUT2D eigenvalue weighted by atomic mass is 10.2. The standard InChI is InChI=1S/C15H32N2O2/c1-6-7-8-9-11-16-12-10-13(2)17-14(18)19-15(3,4)5/h13,16H,6-12H2,1-5H3,(H,17,18). The third-order valence-electron chi connectivity index (χ3n) is 2.72. The number of alkyl carbamates (subject to hydrolysis) is 1. The lowest BCUT2D eigenvalue weighted by Crippen LogP contribution is -2.39. The van der Waals surface area contributed by atoms with Gasteiger partial charge in [0.15, 0.2) is 0 Å². The Morgan fingerprint density at radius 2 is 1.84 bits per heavy atom. The molecule has 0 spiro atoms. The molecule has 4 heteroatoms. The molecule has 1 atom stereocenters. The Morgan fingerprint density at radius 1 is 1.16 bits per heavy atom. The average Bonchev–Trinajstić information content (AvgIpc) is 2.25. The Balaban J connectivity index is 3.49. The van der Waals surface area contributed by atoms with Crippen LogP contribution >= 0.6 is 0 Å².